The number of anilines is 2. The molecule has 0 aromatic heterocycles. The van der Waals surface area contributed by atoms with Crippen LogP contribution in [0, 0.1) is 0 Å². The molecule has 2 aliphatic heterocycles. The van der Waals surface area contributed by atoms with Crippen molar-refractivity contribution < 1.29 is 0 Å². The summed E-state index contributed by atoms with van der Waals surface area (Å²) < 4.78 is 0. The lowest BCUT2D eigenvalue weighted by molar-refractivity contribution is 0.328. The minimum absolute atomic E-state index is 0.962. The lowest BCUT2D eigenvalue weighted by Gasteiger charge is -2.24. The van der Waals surface area contributed by atoms with Gasteiger partial charge in [0.2, 0.25) is 0 Å². The topological polar surface area (TPSA) is 30.5 Å². The van der Waals surface area contributed by atoms with E-state index < -0.39 is 0 Å². The van der Waals surface area contributed by atoms with Crippen LogP contribution in [0.15, 0.2) is 24.3 Å². The zero-order valence-corrected chi connectivity index (χ0v) is 8.74. The Morgan fingerprint density at radius 2 is 1.93 bits per heavy atom. The van der Waals surface area contributed by atoms with E-state index in [1.54, 1.807) is 0 Å². The third-order valence-corrected chi connectivity index (χ3v) is 3.06. The quantitative estimate of drug-likeness (QED) is 0.762. The molecule has 0 bridgehead atoms. The van der Waals surface area contributed by atoms with Gasteiger partial charge in [-0.15, -0.1) is 5.53 Å². The summed E-state index contributed by atoms with van der Waals surface area (Å²) in [4.78, 5) is 2.47. The number of para-hydroxylation sites is 2. The Balaban J connectivity index is 1.73. The Labute approximate surface area is 89.8 Å². The van der Waals surface area contributed by atoms with Crippen molar-refractivity contribution in [2.24, 2.45) is 0 Å². The molecule has 0 amide bonds. The summed E-state index contributed by atoms with van der Waals surface area (Å²) in [5.74, 6) is 0. The van der Waals surface area contributed by atoms with E-state index in [1.165, 1.54) is 31.6 Å². The molecule has 2 heterocycles. The first kappa shape index (κ1) is 9.00. The predicted octanol–water partition coefficient (Wildman–Crippen LogP) is 1.39. The van der Waals surface area contributed by atoms with Crippen LogP contribution < -0.4 is 16.0 Å². The van der Waals surface area contributed by atoms with Crippen LogP contribution in [0.2, 0.25) is 0 Å². The Kier molecular flexibility index (Phi) is 2.23. The Morgan fingerprint density at radius 1 is 1.13 bits per heavy atom. The molecule has 3 rings (SSSR count). The van der Waals surface area contributed by atoms with Crippen molar-refractivity contribution in [3.63, 3.8) is 0 Å². The number of rotatable bonds is 2. The number of nitrogens with zero attached hydrogens (tertiary/aromatic N) is 2. The minimum Gasteiger partial charge on any atom is -0.302 e. The smallest absolute Gasteiger partial charge is 0.0882 e. The van der Waals surface area contributed by atoms with Crippen molar-refractivity contribution in [3.8, 4) is 0 Å². The fraction of sp³-hybridized carbons (Fsp3) is 0.455. The van der Waals surface area contributed by atoms with Gasteiger partial charge in [0.05, 0.1) is 18.0 Å². The molecule has 2 aliphatic rings. The highest BCUT2D eigenvalue weighted by Gasteiger charge is 2.21. The molecular formula is C11H16N4. The summed E-state index contributed by atoms with van der Waals surface area (Å²) in [6.45, 7) is 3.41. The lowest BCUT2D eigenvalue weighted by Crippen LogP contribution is -2.43. The van der Waals surface area contributed by atoms with E-state index in [9.17, 15) is 0 Å². The fourth-order valence-corrected chi connectivity index (χ4v) is 2.24. The Morgan fingerprint density at radius 3 is 2.80 bits per heavy atom. The summed E-state index contributed by atoms with van der Waals surface area (Å²) in [5.41, 5.74) is 8.77. The molecule has 1 saturated heterocycles. The van der Waals surface area contributed by atoms with Gasteiger partial charge in [-0.05, 0) is 38.1 Å². The average molecular weight is 204 g/mol. The van der Waals surface area contributed by atoms with E-state index in [2.05, 4.69) is 39.1 Å². The maximum Gasteiger partial charge on any atom is 0.0882 e. The van der Waals surface area contributed by atoms with Crippen LogP contribution in [0.25, 0.3) is 0 Å². The zero-order chi connectivity index (χ0) is 10.1. The van der Waals surface area contributed by atoms with Gasteiger partial charge in [0.1, 0.15) is 0 Å². The summed E-state index contributed by atoms with van der Waals surface area (Å²) in [6.07, 6.45) is 2.67. The maximum absolute atomic E-state index is 3.19. The molecule has 0 spiro atoms. The number of nitrogens with one attached hydrogen (secondary N) is 2. The lowest BCUT2D eigenvalue weighted by atomic mass is 10.3. The molecular weight excluding hydrogens is 188 g/mol. The predicted molar refractivity (Wildman–Crippen MR) is 61.4 cm³/mol. The molecule has 4 heteroatoms. The highest BCUT2D eigenvalue weighted by atomic mass is 15.7. The van der Waals surface area contributed by atoms with Gasteiger partial charge in [-0.1, -0.05) is 12.1 Å². The van der Waals surface area contributed by atoms with Crippen LogP contribution in [0.1, 0.15) is 12.8 Å². The second kappa shape index (κ2) is 3.72. The van der Waals surface area contributed by atoms with E-state index >= 15 is 0 Å². The van der Waals surface area contributed by atoms with Crippen LogP contribution in [0.4, 0.5) is 11.4 Å². The number of likely N-dealkylation sites (tertiary alicyclic amines) is 1. The SMILES string of the molecule is c1ccc2c(c1)NNN2CN1CCCC1. The summed E-state index contributed by atoms with van der Waals surface area (Å²) >= 11 is 0. The van der Waals surface area contributed by atoms with Crippen LogP contribution in [-0.4, -0.2) is 24.7 Å². The van der Waals surface area contributed by atoms with Gasteiger partial charge >= 0.3 is 0 Å². The van der Waals surface area contributed by atoms with E-state index in [0.717, 1.165) is 12.4 Å². The average Bonchev–Trinajstić information content (AvgIpc) is 2.89. The van der Waals surface area contributed by atoms with Gasteiger partial charge in [-0.25, -0.2) is 0 Å². The zero-order valence-electron chi connectivity index (χ0n) is 8.74. The number of hydrazine groups is 2. The van der Waals surface area contributed by atoms with Gasteiger partial charge < -0.3 is 5.43 Å². The molecule has 1 aromatic carbocycles. The first-order chi connectivity index (χ1) is 7.43. The van der Waals surface area contributed by atoms with Gasteiger partial charge in [-0.3, -0.25) is 9.91 Å². The van der Waals surface area contributed by atoms with Crippen molar-refractivity contribution >= 4 is 11.4 Å². The molecule has 80 valence electrons. The molecule has 0 radical (unpaired) electrons. The highest BCUT2D eigenvalue weighted by molar-refractivity contribution is 5.72. The van der Waals surface area contributed by atoms with E-state index in [4.69, 9.17) is 0 Å². The van der Waals surface area contributed by atoms with Crippen LogP contribution >= 0.6 is 0 Å². The van der Waals surface area contributed by atoms with Gasteiger partial charge in [-0.2, -0.15) is 0 Å². The standard InChI is InChI=1S/C11H16N4/c1-2-6-11-10(5-1)12-13-15(11)9-14-7-3-4-8-14/h1-2,5-6,12-13H,3-4,7-9H2. The van der Waals surface area contributed by atoms with Gasteiger partial charge in [0, 0.05) is 0 Å². The van der Waals surface area contributed by atoms with E-state index in [1.807, 2.05) is 6.07 Å². The molecule has 4 nitrogen and oxygen atoms in total. The molecule has 0 saturated carbocycles. The van der Waals surface area contributed by atoms with E-state index in [0.29, 0.717) is 0 Å². The maximum atomic E-state index is 3.19. The van der Waals surface area contributed by atoms with Crippen LogP contribution in [-0.2, 0) is 0 Å². The normalized spacial score (nSPS) is 20.4. The Bertz CT molecular complexity index is 346. The Hall–Kier alpha value is -1.26. The van der Waals surface area contributed by atoms with Crippen molar-refractivity contribution in [2.75, 3.05) is 30.2 Å². The van der Waals surface area contributed by atoms with Gasteiger partial charge in [0.25, 0.3) is 0 Å². The third kappa shape index (κ3) is 1.66. The minimum atomic E-state index is 0.962. The second-order valence-electron chi connectivity index (χ2n) is 4.15. The summed E-state index contributed by atoms with van der Waals surface area (Å²) in [6, 6.07) is 8.35. The molecule has 15 heavy (non-hydrogen) atoms. The molecule has 0 aliphatic carbocycles. The third-order valence-electron chi connectivity index (χ3n) is 3.06. The number of hydrogen-bond donors (Lipinski definition) is 2. The van der Waals surface area contributed by atoms with Crippen LogP contribution in [0.3, 0.4) is 0 Å². The van der Waals surface area contributed by atoms with Crippen molar-refractivity contribution in [3.05, 3.63) is 24.3 Å². The molecule has 0 unspecified atom stereocenters. The fourth-order valence-electron chi connectivity index (χ4n) is 2.24. The molecule has 1 fully saturated rings. The van der Waals surface area contributed by atoms with Crippen molar-refractivity contribution in [1.82, 2.24) is 10.4 Å². The number of hydrogen-bond acceptors (Lipinski definition) is 4. The van der Waals surface area contributed by atoms with E-state index in [-0.39, 0.29) is 0 Å². The summed E-state index contributed by atoms with van der Waals surface area (Å²) in [5, 5.41) is 2.17. The second-order valence-corrected chi connectivity index (χ2v) is 4.15. The van der Waals surface area contributed by atoms with Gasteiger partial charge in [0.15, 0.2) is 0 Å². The first-order valence-corrected chi connectivity index (χ1v) is 5.54. The highest BCUT2D eigenvalue weighted by Crippen LogP contribution is 2.28. The summed E-state index contributed by atoms with van der Waals surface area (Å²) in [7, 11) is 0. The molecule has 1 aromatic rings. The molecule has 0 atom stereocenters. The van der Waals surface area contributed by atoms with Crippen molar-refractivity contribution in [1.29, 1.82) is 0 Å². The monoisotopic (exact) mass is 204 g/mol. The largest absolute Gasteiger partial charge is 0.302 e. The number of benzene rings is 1. The van der Waals surface area contributed by atoms with Crippen molar-refractivity contribution in [2.45, 2.75) is 12.8 Å². The number of fused-ring (bicyclic) bond motifs is 1. The molecule has 2 N–H and O–H groups in total. The first-order valence-electron chi connectivity index (χ1n) is 5.54. The van der Waals surface area contributed by atoms with Crippen LogP contribution in [0.5, 0.6) is 0 Å².